The van der Waals surface area contributed by atoms with Crippen molar-refractivity contribution >= 4 is 12.3 Å². The molecule has 1 aromatic carbocycles. The lowest BCUT2D eigenvalue weighted by Crippen LogP contribution is -2.34. The standard InChI is InChI=1S/C22H28N2O3/c1-3-4-7-20-23-14-19(16-25)24(20)15-17-8-10-18(11-9-17)22(21(26)27-2)12-5-6-13-22/h8-11,14,16H,3-7,12-13,15H2,1-2H3. The summed E-state index contributed by atoms with van der Waals surface area (Å²) in [5, 5.41) is 0. The van der Waals surface area contributed by atoms with Crippen molar-refractivity contribution < 1.29 is 14.3 Å². The van der Waals surface area contributed by atoms with Crippen LogP contribution in [0.5, 0.6) is 0 Å². The number of unbranched alkanes of at least 4 members (excludes halogenated alkanes) is 1. The molecular weight excluding hydrogens is 340 g/mol. The number of aldehydes is 1. The van der Waals surface area contributed by atoms with E-state index in [1.807, 2.05) is 16.7 Å². The molecule has 1 aliphatic rings. The third-order valence-electron chi connectivity index (χ3n) is 5.72. The molecular formula is C22H28N2O3. The van der Waals surface area contributed by atoms with Crippen LogP contribution in [0.2, 0.25) is 0 Å². The topological polar surface area (TPSA) is 61.2 Å². The number of ether oxygens (including phenoxy) is 1. The fraction of sp³-hybridized carbons (Fsp3) is 0.500. The zero-order chi connectivity index (χ0) is 19.3. The van der Waals surface area contributed by atoms with Gasteiger partial charge in [0.2, 0.25) is 0 Å². The molecule has 0 amide bonds. The van der Waals surface area contributed by atoms with Crippen LogP contribution in [0.1, 0.15) is 72.9 Å². The van der Waals surface area contributed by atoms with E-state index in [0.717, 1.165) is 68.2 Å². The van der Waals surface area contributed by atoms with Gasteiger partial charge in [-0.05, 0) is 30.4 Å². The third-order valence-corrected chi connectivity index (χ3v) is 5.72. The highest BCUT2D eigenvalue weighted by Gasteiger charge is 2.43. The number of hydrogen-bond acceptors (Lipinski definition) is 4. The lowest BCUT2D eigenvalue weighted by Gasteiger charge is -2.26. The lowest BCUT2D eigenvalue weighted by molar-refractivity contribution is -0.147. The van der Waals surface area contributed by atoms with Gasteiger partial charge < -0.3 is 9.30 Å². The van der Waals surface area contributed by atoms with Crippen molar-refractivity contribution in [1.29, 1.82) is 0 Å². The molecule has 1 saturated carbocycles. The van der Waals surface area contributed by atoms with E-state index < -0.39 is 5.41 Å². The minimum Gasteiger partial charge on any atom is -0.468 e. The number of esters is 1. The Morgan fingerprint density at radius 3 is 2.56 bits per heavy atom. The second kappa shape index (κ2) is 8.51. The molecule has 1 heterocycles. The molecule has 1 aliphatic carbocycles. The van der Waals surface area contributed by atoms with Gasteiger partial charge in [0.15, 0.2) is 6.29 Å². The molecule has 0 aliphatic heterocycles. The maximum Gasteiger partial charge on any atom is 0.316 e. The average molecular weight is 368 g/mol. The normalized spacial score (nSPS) is 15.6. The summed E-state index contributed by atoms with van der Waals surface area (Å²) in [6.07, 6.45) is 9.31. The number of imidazole rings is 1. The first-order chi connectivity index (χ1) is 13.1. The van der Waals surface area contributed by atoms with Gasteiger partial charge in [0.1, 0.15) is 11.5 Å². The van der Waals surface area contributed by atoms with Gasteiger partial charge in [-0.1, -0.05) is 50.5 Å². The van der Waals surface area contributed by atoms with Crippen molar-refractivity contribution in [3.8, 4) is 0 Å². The van der Waals surface area contributed by atoms with Crippen molar-refractivity contribution in [2.75, 3.05) is 7.11 Å². The van der Waals surface area contributed by atoms with Crippen LogP contribution >= 0.6 is 0 Å². The summed E-state index contributed by atoms with van der Waals surface area (Å²) < 4.78 is 7.09. The molecule has 27 heavy (non-hydrogen) atoms. The van der Waals surface area contributed by atoms with E-state index in [1.54, 1.807) is 6.20 Å². The van der Waals surface area contributed by atoms with Crippen LogP contribution in [0.3, 0.4) is 0 Å². The number of benzene rings is 1. The van der Waals surface area contributed by atoms with E-state index >= 15 is 0 Å². The Morgan fingerprint density at radius 2 is 1.96 bits per heavy atom. The minimum absolute atomic E-state index is 0.132. The summed E-state index contributed by atoms with van der Waals surface area (Å²) in [6, 6.07) is 8.19. The fourth-order valence-electron chi connectivity index (χ4n) is 4.14. The highest BCUT2D eigenvalue weighted by Crippen LogP contribution is 2.42. The molecule has 3 rings (SSSR count). The minimum atomic E-state index is -0.497. The molecule has 0 spiro atoms. The summed E-state index contributed by atoms with van der Waals surface area (Å²) in [7, 11) is 1.47. The van der Waals surface area contributed by atoms with Crippen molar-refractivity contribution in [3.63, 3.8) is 0 Å². The second-order valence-electron chi connectivity index (χ2n) is 7.38. The SMILES string of the molecule is CCCCc1ncc(C=O)n1Cc1ccc(C2(C(=O)OC)CCCC2)cc1. The van der Waals surface area contributed by atoms with E-state index in [2.05, 4.69) is 24.0 Å². The van der Waals surface area contributed by atoms with Crippen LogP contribution < -0.4 is 0 Å². The van der Waals surface area contributed by atoms with Crippen molar-refractivity contribution in [3.05, 3.63) is 53.1 Å². The molecule has 144 valence electrons. The second-order valence-corrected chi connectivity index (χ2v) is 7.38. The molecule has 0 bridgehead atoms. The van der Waals surface area contributed by atoms with Crippen LogP contribution in [0.4, 0.5) is 0 Å². The molecule has 5 nitrogen and oxygen atoms in total. The summed E-state index contributed by atoms with van der Waals surface area (Å²) in [5.41, 5.74) is 2.23. The Morgan fingerprint density at radius 1 is 1.26 bits per heavy atom. The number of aryl methyl sites for hydroxylation is 1. The van der Waals surface area contributed by atoms with Crippen LogP contribution in [0.25, 0.3) is 0 Å². The first-order valence-electron chi connectivity index (χ1n) is 9.82. The molecule has 0 atom stereocenters. The first kappa shape index (κ1) is 19.3. The molecule has 0 unspecified atom stereocenters. The van der Waals surface area contributed by atoms with Gasteiger partial charge in [0.25, 0.3) is 0 Å². The number of hydrogen-bond donors (Lipinski definition) is 0. The number of nitrogens with zero attached hydrogens (tertiary/aromatic N) is 2. The maximum atomic E-state index is 12.4. The predicted molar refractivity (Wildman–Crippen MR) is 104 cm³/mol. The molecule has 1 aromatic heterocycles. The third kappa shape index (κ3) is 3.82. The molecule has 1 fully saturated rings. The summed E-state index contributed by atoms with van der Waals surface area (Å²) in [5.74, 6) is 0.817. The number of carbonyl (C=O) groups is 2. The van der Waals surface area contributed by atoms with Gasteiger partial charge in [-0.15, -0.1) is 0 Å². The molecule has 2 aromatic rings. The Kier molecular flexibility index (Phi) is 6.09. The van der Waals surface area contributed by atoms with Crippen molar-refractivity contribution in [2.45, 2.75) is 63.8 Å². The Labute approximate surface area is 160 Å². The van der Waals surface area contributed by atoms with Crippen molar-refractivity contribution in [1.82, 2.24) is 9.55 Å². The highest BCUT2D eigenvalue weighted by atomic mass is 16.5. The van der Waals surface area contributed by atoms with Gasteiger partial charge in [0.05, 0.1) is 18.7 Å². The van der Waals surface area contributed by atoms with E-state index in [9.17, 15) is 9.59 Å². The number of carbonyl (C=O) groups excluding carboxylic acids is 2. The van der Waals surface area contributed by atoms with Crippen LogP contribution in [0.15, 0.2) is 30.5 Å². The largest absolute Gasteiger partial charge is 0.468 e. The van der Waals surface area contributed by atoms with Crippen molar-refractivity contribution in [2.24, 2.45) is 0 Å². The fourth-order valence-corrected chi connectivity index (χ4v) is 4.14. The summed E-state index contributed by atoms with van der Waals surface area (Å²) >= 11 is 0. The van der Waals surface area contributed by atoms with Gasteiger partial charge >= 0.3 is 5.97 Å². The van der Waals surface area contributed by atoms with Gasteiger partial charge in [0, 0.05) is 13.0 Å². The predicted octanol–water partition coefficient (Wildman–Crippen LogP) is 4.07. The number of rotatable bonds is 8. The Hall–Kier alpha value is -2.43. The van der Waals surface area contributed by atoms with Crippen LogP contribution in [0, 0.1) is 0 Å². The van der Waals surface area contributed by atoms with E-state index in [0.29, 0.717) is 12.2 Å². The zero-order valence-corrected chi connectivity index (χ0v) is 16.2. The monoisotopic (exact) mass is 368 g/mol. The Bertz CT molecular complexity index is 786. The summed E-state index contributed by atoms with van der Waals surface area (Å²) in [6.45, 7) is 2.76. The van der Waals surface area contributed by atoms with Crippen LogP contribution in [-0.2, 0) is 27.9 Å². The van der Waals surface area contributed by atoms with Crippen LogP contribution in [-0.4, -0.2) is 28.9 Å². The maximum absolute atomic E-state index is 12.4. The van der Waals surface area contributed by atoms with E-state index in [1.165, 1.54) is 7.11 Å². The van der Waals surface area contributed by atoms with E-state index in [4.69, 9.17) is 4.74 Å². The number of aromatic nitrogens is 2. The molecule has 0 radical (unpaired) electrons. The highest BCUT2D eigenvalue weighted by molar-refractivity contribution is 5.83. The Balaban J connectivity index is 1.83. The zero-order valence-electron chi connectivity index (χ0n) is 16.2. The molecule has 0 N–H and O–H groups in total. The van der Waals surface area contributed by atoms with E-state index in [-0.39, 0.29) is 5.97 Å². The average Bonchev–Trinajstić information content (AvgIpc) is 3.34. The quantitative estimate of drug-likeness (QED) is 0.520. The molecule has 5 heteroatoms. The molecule has 0 saturated heterocycles. The first-order valence-corrected chi connectivity index (χ1v) is 9.82. The van der Waals surface area contributed by atoms with Gasteiger partial charge in [-0.3, -0.25) is 9.59 Å². The smallest absolute Gasteiger partial charge is 0.316 e. The van der Waals surface area contributed by atoms with Gasteiger partial charge in [-0.25, -0.2) is 4.98 Å². The lowest BCUT2D eigenvalue weighted by atomic mass is 9.78. The summed E-state index contributed by atoms with van der Waals surface area (Å²) in [4.78, 5) is 28.2. The number of methoxy groups -OCH3 is 1. The van der Waals surface area contributed by atoms with Gasteiger partial charge in [-0.2, -0.15) is 0 Å².